The summed E-state index contributed by atoms with van der Waals surface area (Å²) in [6, 6.07) is 0. The van der Waals surface area contributed by atoms with Crippen molar-refractivity contribution >= 4 is 28.9 Å². The molecule has 0 aliphatic rings. The van der Waals surface area contributed by atoms with Gasteiger partial charge < -0.3 is 19.3 Å². The van der Waals surface area contributed by atoms with Crippen LogP contribution >= 0.6 is 11.8 Å². The maximum absolute atomic E-state index is 13.0. The molecule has 0 aliphatic heterocycles. The maximum Gasteiger partial charge on any atom is 0.306 e. The van der Waals surface area contributed by atoms with E-state index in [0.717, 1.165) is 109 Å². The van der Waals surface area contributed by atoms with Crippen LogP contribution in [0.3, 0.4) is 0 Å². The summed E-state index contributed by atoms with van der Waals surface area (Å²) in [6.45, 7) is 9.15. The summed E-state index contributed by atoms with van der Waals surface area (Å²) in [7, 11) is 4.03. The third kappa shape index (κ3) is 32.9. The fourth-order valence-corrected chi connectivity index (χ4v) is 6.16. The van der Waals surface area contributed by atoms with Gasteiger partial charge in [-0.25, -0.2) is 0 Å². The van der Waals surface area contributed by atoms with Crippen molar-refractivity contribution in [1.82, 2.24) is 9.80 Å². The minimum atomic E-state index is -0.153. The number of hydrogen-bond donors (Lipinski definition) is 0. The summed E-state index contributed by atoms with van der Waals surface area (Å²) < 4.78 is 11.3. The first-order valence-electron chi connectivity index (χ1n) is 19.7. The number of esters is 2. The Morgan fingerprint density at radius 3 is 1.71 bits per heavy atom. The van der Waals surface area contributed by atoms with E-state index < -0.39 is 0 Å². The molecule has 0 aromatic carbocycles. The molecule has 284 valence electrons. The van der Waals surface area contributed by atoms with Crippen LogP contribution in [0.5, 0.6) is 0 Å². The molecule has 0 fully saturated rings. The van der Waals surface area contributed by atoms with Crippen molar-refractivity contribution in [2.75, 3.05) is 46.1 Å². The van der Waals surface area contributed by atoms with Crippen LogP contribution in [0.1, 0.15) is 156 Å². The fraction of sp³-hybridized carbons (Fsp3) is 0.780. The molecule has 0 unspecified atom stereocenters. The van der Waals surface area contributed by atoms with Crippen molar-refractivity contribution in [3.05, 3.63) is 36.5 Å². The number of amides is 1. The Balaban J connectivity index is 4.56. The van der Waals surface area contributed by atoms with Crippen molar-refractivity contribution in [2.24, 2.45) is 0 Å². The van der Waals surface area contributed by atoms with Crippen molar-refractivity contribution in [3.8, 4) is 0 Å². The molecule has 49 heavy (non-hydrogen) atoms. The Bertz CT molecular complexity index is 869. The number of unbranched alkanes of at least 4 members (excludes halogenated alkanes) is 10. The summed E-state index contributed by atoms with van der Waals surface area (Å²) in [6.07, 6.45) is 32.8. The minimum Gasteiger partial charge on any atom is -0.462 e. The number of carbonyl (C=O) groups is 3. The van der Waals surface area contributed by atoms with Crippen LogP contribution in [0, 0.1) is 0 Å². The van der Waals surface area contributed by atoms with E-state index in [4.69, 9.17) is 9.47 Å². The highest BCUT2D eigenvalue weighted by molar-refractivity contribution is 8.13. The van der Waals surface area contributed by atoms with E-state index in [1.165, 1.54) is 37.4 Å². The van der Waals surface area contributed by atoms with E-state index in [2.05, 4.69) is 56.1 Å². The monoisotopic (exact) mass is 707 g/mol. The van der Waals surface area contributed by atoms with Crippen molar-refractivity contribution in [3.63, 3.8) is 0 Å². The van der Waals surface area contributed by atoms with Crippen LogP contribution in [0.25, 0.3) is 0 Å². The molecule has 0 bridgehead atoms. The SMILES string of the molecule is CCC/C=C/CCC(CC/C=C/CCC)OC(=O)CCCCCN(CCCCCC(=O)OC/C=C\CCCCCC)C(=O)SCCN(C)C. The van der Waals surface area contributed by atoms with Gasteiger partial charge in [0.2, 0.25) is 0 Å². The average molecular weight is 707 g/mol. The Hall–Kier alpha value is -2.06. The van der Waals surface area contributed by atoms with Gasteiger partial charge in [0, 0.05) is 38.2 Å². The number of allylic oxidation sites excluding steroid dienone is 5. The second kappa shape index (κ2) is 35.8. The van der Waals surface area contributed by atoms with Crippen molar-refractivity contribution in [2.45, 2.75) is 162 Å². The average Bonchev–Trinajstić information content (AvgIpc) is 3.07. The van der Waals surface area contributed by atoms with Gasteiger partial charge in [0.25, 0.3) is 5.24 Å². The zero-order valence-corrected chi connectivity index (χ0v) is 33.1. The van der Waals surface area contributed by atoms with Crippen molar-refractivity contribution < 1.29 is 23.9 Å². The normalized spacial score (nSPS) is 11.9. The number of rotatable bonds is 33. The zero-order valence-electron chi connectivity index (χ0n) is 32.3. The van der Waals surface area contributed by atoms with E-state index in [9.17, 15) is 14.4 Å². The van der Waals surface area contributed by atoms with Gasteiger partial charge in [-0.15, -0.1) is 0 Å². The second-order valence-corrected chi connectivity index (χ2v) is 14.4. The molecular formula is C41H74N2O5S. The maximum atomic E-state index is 13.0. The van der Waals surface area contributed by atoms with E-state index in [1.54, 1.807) is 0 Å². The Kier molecular flexibility index (Phi) is 34.3. The lowest BCUT2D eigenvalue weighted by atomic mass is 10.1. The molecule has 0 atom stereocenters. The standard InChI is InChI=1S/C41H74N2O5S/c1-6-9-12-15-16-19-28-36-47-39(44)31-24-20-26-33-43(41(46)49-37-35-42(4)5)34-27-21-25-32-40(45)48-38(29-22-17-13-10-7-2)30-23-18-14-11-8-3/h13-14,17-19,28,38H,6-12,15-16,20-27,29-37H2,1-5H3/b17-13+,18-14+,28-19-. The quantitative estimate of drug-likeness (QED) is 0.0382. The number of nitrogens with zero attached hydrogens (tertiary/aromatic N) is 2. The lowest BCUT2D eigenvalue weighted by Gasteiger charge is -2.22. The summed E-state index contributed by atoms with van der Waals surface area (Å²) in [4.78, 5) is 41.9. The molecular weight excluding hydrogens is 633 g/mol. The van der Waals surface area contributed by atoms with Crippen LogP contribution in [0.15, 0.2) is 36.5 Å². The smallest absolute Gasteiger partial charge is 0.306 e. The first kappa shape index (κ1) is 46.9. The van der Waals surface area contributed by atoms with Gasteiger partial charge in [-0.2, -0.15) is 0 Å². The molecule has 0 aromatic heterocycles. The van der Waals surface area contributed by atoms with E-state index in [0.29, 0.717) is 32.5 Å². The predicted molar refractivity (Wildman–Crippen MR) is 210 cm³/mol. The highest BCUT2D eigenvalue weighted by Gasteiger charge is 2.16. The molecule has 1 amide bonds. The molecule has 0 heterocycles. The summed E-state index contributed by atoms with van der Waals surface area (Å²) in [5, 5.41) is 0.117. The fourth-order valence-electron chi connectivity index (χ4n) is 5.16. The van der Waals surface area contributed by atoms with Gasteiger partial charge in [0.05, 0.1) is 0 Å². The lowest BCUT2D eigenvalue weighted by Crippen LogP contribution is -2.31. The van der Waals surface area contributed by atoms with Gasteiger partial charge in [0.1, 0.15) is 12.7 Å². The molecule has 8 heteroatoms. The molecule has 0 rings (SSSR count). The number of thioether (sulfide) groups is 1. The van der Waals surface area contributed by atoms with Crippen LogP contribution in [-0.4, -0.2) is 79.2 Å². The topological polar surface area (TPSA) is 76.1 Å². The summed E-state index contributed by atoms with van der Waals surface area (Å²) in [5.41, 5.74) is 0. The van der Waals surface area contributed by atoms with E-state index in [-0.39, 0.29) is 23.3 Å². The first-order chi connectivity index (χ1) is 23.8. The largest absolute Gasteiger partial charge is 0.462 e. The third-order valence-corrected chi connectivity index (χ3v) is 9.12. The summed E-state index contributed by atoms with van der Waals surface area (Å²) >= 11 is 1.38. The Labute approximate surface area is 306 Å². The molecule has 0 aliphatic carbocycles. The third-order valence-electron chi connectivity index (χ3n) is 8.22. The summed E-state index contributed by atoms with van der Waals surface area (Å²) in [5.74, 6) is 0.501. The molecule has 0 spiro atoms. The Morgan fingerprint density at radius 1 is 0.592 bits per heavy atom. The van der Waals surface area contributed by atoms with Gasteiger partial charge in [-0.1, -0.05) is 114 Å². The van der Waals surface area contributed by atoms with E-state index >= 15 is 0 Å². The molecule has 0 saturated heterocycles. The number of hydrogen-bond acceptors (Lipinski definition) is 7. The van der Waals surface area contributed by atoms with Gasteiger partial charge in [-0.05, 0) is 91.1 Å². The molecule has 0 N–H and O–H groups in total. The lowest BCUT2D eigenvalue weighted by molar-refractivity contribution is -0.149. The first-order valence-corrected chi connectivity index (χ1v) is 20.7. The number of ether oxygens (including phenoxy) is 2. The van der Waals surface area contributed by atoms with Crippen molar-refractivity contribution in [1.29, 1.82) is 0 Å². The predicted octanol–water partition coefficient (Wildman–Crippen LogP) is 11.1. The van der Waals surface area contributed by atoms with Gasteiger partial charge in [-0.3, -0.25) is 14.4 Å². The van der Waals surface area contributed by atoms with Gasteiger partial charge >= 0.3 is 11.9 Å². The van der Waals surface area contributed by atoms with Gasteiger partial charge in [0.15, 0.2) is 0 Å². The zero-order chi connectivity index (χ0) is 36.2. The molecule has 7 nitrogen and oxygen atoms in total. The molecule has 0 saturated carbocycles. The Morgan fingerprint density at radius 2 is 1.14 bits per heavy atom. The molecule has 0 aromatic rings. The second-order valence-electron chi connectivity index (χ2n) is 13.3. The van der Waals surface area contributed by atoms with Crippen LogP contribution in [0.2, 0.25) is 0 Å². The minimum absolute atomic E-state index is 0.0406. The molecule has 0 radical (unpaired) electrons. The van der Waals surface area contributed by atoms with Crippen LogP contribution < -0.4 is 0 Å². The highest BCUT2D eigenvalue weighted by Crippen LogP contribution is 2.16. The van der Waals surface area contributed by atoms with Crippen LogP contribution in [0.4, 0.5) is 4.79 Å². The van der Waals surface area contributed by atoms with Crippen LogP contribution in [-0.2, 0) is 19.1 Å². The highest BCUT2D eigenvalue weighted by atomic mass is 32.2. The number of carbonyl (C=O) groups excluding carboxylic acids is 3. The van der Waals surface area contributed by atoms with E-state index in [1.807, 2.05) is 25.1 Å².